The van der Waals surface area contributed by atoms with E-state index in [2.05, 4.69) is 38.2 Å². The van der Waals surface area contributed by atoms with Gasteiger partial charge in [-0.2, -0.15) is 5.26 Å². The predicted octanol–water partition coefficient (Wildman–Crippen LogP) is 5.57. The molecule has 1 aromatic carbocycles. The smallest absolute Gasteiger partial charge is 0.412 e. The van der Waals surface area contributed by atoms with Crippen LogP contribution < -0.4 is 10.2 Å². The summed E-state index contributed by atoms with van der Waals surface area (Å²) in [7, 11) is 2.12. The zero-order valence-corrected chi connectivity index (χ0v) is 24.9. The lowest BCUT2D eigenvalue weighted by atomic mass is 9.94. The lowest BCUT2D eigenvalue weighted by Gasteiger charge is -2.21. The minimum atomic E-state index is -0.793. The number of likely N-dealkylation sites (tertiary alicyclic amines) is 1. The number of likely N-dealkylation sites (N-methyl/N-ethyl adjacent to an activating group) is 1. The van der Waals surface area contributed by atoms with Gasteiger partial charge in [-0.3, -0.25) is 10.3 Å². The molecule has 43 heavy (non-hydrogen) atoms. The van der Waals surface area contributed by atoms with Gasteiger partial charge in [0, 0.05) is 41.7 Å². The highest BCUT2D eigenvalue weighted by Gasteiger charge is 2.40. The number of aromatic nitrogens is 3. The molecule has 0 radical (unpaired) electrons. The van der Waals surface area contributed by atoms with E-state index in [0.29, 0.717) is 28.9 Å². The Hall–Kier alpha value is -3.99. The number of pyridine rings is 1. The number of hydrogen-bond acceptors (Lipinski definition) is 10. The summed E-state index contributed by atoms with van der Waals surface area (Å²) in [6, 6.07) is 2.47. The van der Waals surface area contributed by atoms with Crippen molar-refractivity contribution in [2.75, 3.05) is 36.9 Å². The second-order valence-corrected chi connectivity index (χ2v) is 13.3. The largest absolute Gasteiger partial charge is 0.444 e. The molecule has 1 N–H and O–H groups in total. The summed E-state index contributed by atoms with van der Waals surface area (Å²) in [6.07, 6.45) is 2.97. The molecule has 0 unspecified atom stereocenters. The van der Waals surface area contributed by atoms with E-state index >= 15 is 8.78 Å². The van der Waals surface area contributed by atoms with Crippen LogP contribution in [-0.4, -0.2) is 64.3 Å². The topological polar surface area (TPSA) is 116 Å². The summed E-state index contributed by atoms with van der Waals surface area (Å²) in [5.74, 6) is -0.369. The van der Waals surface area contributed by atoms with E-state index < -0.39 is 23.3 Å². The molecule has 10 nitrogen and oxygen atoms in total. The number of amides is 1. The molecule has 3 aliphatic heterocycles. The number of ether oxygens (including phenoxy) is 2. The minimum absolute atomic E-state index is 0.0314. The number of benzene rings is 1. The maximum atomic E-state index is 16.8. The van der Waals surface area contributed by atoms with Gasteiger partial charge in [0.15, 0.2) is 11.6 Å². The Bertz CT molecular complexity index is 1870. The Morgan fingerprint density at radius 1 is 1.21 bits per heavy atom. The van der Waals surface area contributed by atoms with Crippen LogP contribution in [0.1, 0.15) is 43.9 Å². The van der Waals surface area contributed by atoms with Crippen LogP contribution in [0.15, 0.2) is 12.4 Å². The number of hydrogen-bond donors (Lipinski definition) is 1. The normalized spacial score (nSPS) is 20.1. The van der Waals surface area contributed by atoms with Gasteiger partial charge in [-0.25, -0.2) is 23.5 Å². The van der Waals surface area contributed by atoms with Crippen molar-refractivity contribution in [1.29, 1.82) is 5.26 Å². The quantitative estimate of drug-likeness (QED) is 0.320. The number of halogens is 2. The fourth-order valence-corrected chi connectivity index (χ4v) is 7.53. The first-order valence-electron chi connectivity index (χ1n) is 14.1. The van der Waals surface area contributed by atoms with E-state index in [4.69, 9.17) is 14.5 Å². The van der Waals surface area contributed by atoms with Crippen molar-refractivity contribution >= 4 is 49.4 Å². The Kier molecular flexibility index (Phi) is 6.50. The van der Waals surface area contributed by atoms with E-state index in [9.17, 15) is 10.1 Å². The van der Waals surface area contributed by atoms with E-state index in [-0.39, 0.29) is 50.6 Å². The molecule has 0 spiro atoms. The summed E-state index contributed by atoms with van der Waals surface area (Å²) in [4.78, 5) is 30.6. The molecule has 3 aromatic heterocycles. The van der Waals surface area contributed by atoms with Gasteiger partial charge >= 0.3 is 6.09 Å². The van der Waals surface area contributed by atoms with Crippen LogP contribution in [0.4, 0.5) is 24.5 Å². The molecule has 7 rings (SSSR count). The highest BCUT2D eigenvalue weighted by molar-refractivity contribution is 7.23. The second kappa shape index (κ2) is 10.0. The van der Waals surface area contributed by atoms with Crippen molar-refractivity contribution in [2.24, 2.45) is 5.92 Å². The van der Waals surface area contributed by atoms with Gasteiger partial charge in [0.1, 0.15) is 22.2 Å². The molecule has 3 aliphatic rings. The van der Waals surface area contributed by atoms with Gasteiger partial charge in [0.25, 0.3) is 0 Å². The number of rotatable bonds is 3. The highest BCUT2D eigenvalue weighted by Crippen LogP contribution is 2.46. The number of thiophene rings is 1. The molecule has 222 valence electrons. The number of carbonyl (C=O) groups excluding carboxylic acids is 1. The van der Waals surface area contributed by atoms with Crippen LogP contribution in [0.3, 0.4) is 0 Å². The molecule has 2 fully saturated rings. The van der Waals surface area contributed by atoms with Crippen LogP contribution in [-0.2, 0) is 22.7 Å². The fourth-order valence-electron chi connectivity index (χ4n) is 6.49. The first-order valence-corrected chi connectivity index (χ1v) is 14.9. The van der Waals surface area contributed by atoms with Crippen molar-refractivity contribution < 1.29 is 23.0 Å². The van der Waals surface area contributed by atoms with Gasteiger partial charge in [-0.15, -0.1) is 11.3 Å². The first kappa shape index (κ1) is 27.8. The van der Waals surface area contributed by atoms with Crippen LogP contribution >= 0.6 is 11.3 Å². The number of nitriles is 1. The Labute approximate surface area is 250 Å². The van der Waals surface area contributed by atoms with Crippen LogP contribution in [0, 0.1) is 28.9 Å². The number of carbonyl (C=O) groups is 1. The van der Waals surface area contributed by atoms with Gasteiger partial charge < -0.3 is 19.3 Å². The number of nitrogens with one attached hydrogen (secondary N) is 1. The van der Waals surface area contributed by atoms with E-state index in [1.165, 1.54) is 0 Å². The molecule has 1 amide bonds. The van der Waals surface area contributed by atoms with Crippen LogP contribution in [0.25, 0.3) is 32.2 Å². The van der Waals surface area contributed by atoms with Gasteiger partial charge in [0.05, 0.1) is 35.4 Å². The van der Waals surface area contributed by atoms with Crippen molar-refractivity contribution in [1.82, 2.24) is 19.9 Å². The first-order chi connectivity index (χ1) is 20.5. The highest BCUT2D eigenvalue weighted by atomic mass is 32.1. The Morgan fingerprint density at radius 3 is 2.74 bits per heavy atom. The summed E-state index contributed by atoms with van der Waals surface area (Å²) in [5.41, 5.74) is 0.772. The second-order valence-electron chi connectivity index (χ2n) is 12.3. The lowest BCUT2D eigenvalue weighted by molar-refractivity contribution is 0.0636. The van der Waals surface area contributed by atoms with Crippen molar-refractivity contribution in [3.8, 4) is 17.3 Å². The standard InChI is InChI=1S/C30H29F2N7O3S/c1-30(2,3)42-29(40)37-27-15(7-33)22-25(34-9-19(31)26(22)43-27)21-18-13-41-12-17(18)16-8-35-28(36-24(16)23(21)32)39-10-14-5-6-38(4)20(14)11-39/h8-9,14,20H,5-6,10-13H2,1-4H3,(H,37,40)/t14-,20+/m0/s1. The maximum Gasteiger partial charge on any atom is 0.412 e. The lowest BCUT2D eigenvalue weighted by Crippen LogP contribution is -2.32. The molecule has 2 saturated heterocycles. The van der Waals surface area contributed by atoms with Crippen LogP contribution in [0.2, 0.25) is 0 Å². The summed E-state index contributed by atoms with van der Waals surface area (Å²) in [5, 5.41) is 13.5. The molecule has 0 aliphatic carbocycles. The predicted molar refractivity (Wildman–Crippen MR) is 158 cm³/mol. The number of fused-ring (bicyclic) bond motifs is 5. The third-order valence-corrected chi connectivity index (χ3v) is 9.54. The number of anilines is 2. The summed E-state index contributed by atoms with van der Waals surface area (Å²) < 4.78 is 43.1. The Balaban J connectivity index is 1.38. The Morgan fingerprint density at radius 2 is 2.00 bits per heavy atom. The number of nitrogens with zero attached hydrogens (tertiary/aromatic N) is 6. The summed E-state index contributed by atoms with van der Waals surface area (Å²) in [6.45, 7) is 8.09. The van der Waals surface area contributed by atoms with Crippen LogP contribution in [0.5, 0.6) is 0 Å². The molecular weight excluding hydrogens is 576 g/mol. The fraction of sp³-hybridized carbons (Fsp3) is 0.433. The molecular formula is C30H29F2N7O3S. The SMILES string of the molecule is CN1CC[C@H]2CN(c3ncc4c5c(c(-c6ncc(F)c7sc(NC(=O)OC(C)(C)C)c(C#N)c67)c(F)c4n3)COC5)C[C@H]21. The molecule has 13 heteroatoms. The summed E-state index contributed by atoms with van der Waals surface area (Å²) >= 11 is 0.869. The van der Waals surface area contributed by atoms with Crippen molar-refractivity contribution in [3.05, 3.63) is 40.7 Å². The third-order valence-electron chi connectivity index (χ3n) is 8.43. The third kappa shape index (κ3) is 4.56. The molecule has 2 atom stereocenters. The van der Waals surface area contributed by atoms with Gasteiger partial charge in [-0.1, -0.05) is 0 Å². The molecule has 6 heterocycles. The van der Waals surface area contributed by atoms with Gasteiger partial charge in [0.2, 0.25) is 5.95 Å². The van der Waals surface area contributed by atoms with E-state index in [1.54, 1.807) is 27.0 Å². The van der Waals surface area contributed by atoms with Crippen molar-refractivity contribution in [2.45, 2.75) is 52.0 Å². The molecule has 0 bridgehead atoms. The zero-order chi connectivity index (χ0) is 30.2. The zero-order valence-electron chi connectivity index (χ0n) is 24.1. The van der Waals surface area contributed by atoms with Gasteiger partial charge in [-0.05, 0) is 57.8 Å². The molecule has 4 aromatic rings. The van der Waals surface area contributed by atoms with E-state index in [1.807, 2.05) is 0 Å². The monoisotopic (exact) mass is 605 g/mol. The average Bonchev–Trinajstić information content (AvgIpc) is 3.73. The minimum Gasteiger partial charge on any atom is -0.444 e. The van der Waals surface area contributed by atoms with Crippen molar-refractivity contribution in [3.63, 3.8) is 0 Å². The van der Waals surface area contributed by atoms with E-state index in [0.717, 1.165) is 49.2 Å². The molecule has 0 saturated carbocycles. The average molecular weight is 606 g/mol. The maximum absolute atomic E-state index is 16.8.